The maximum atomic E-state index is 11.8. The summed E-state index contributed by atoms with van der Waals surface area (Å²) in [7, 11) is 0. The van der Waals surface area contributed by atoms with Gasteiger partial charge in [-0.05, 0) is 20.8 Å². The number of halogens is 1. The van der Waals surface area contributed by atoms with Crippen molar-refractivity contribution < 1.29 is 14.3 Å². The molecule has 0 saturated carbocycles. The van der Waals surface area contributed by atoms with E-state index in [9.17, 15) is 4.79 Å². The highest BCUT2D eigenvalue weighted by molar-refractivity contribution is 6.18. The summed E-state index contributed by atoms with van der Waals surface area (Å²) in [6, 6.07) is 0. The molecule has 1 heterocycles. The summed E-state index contributed by atoms with van der Waals surface area (Å²) in [6.07, 6.45) is -0.0472. The van der Waals surface area contributed by atoms with E-state index in [1.165, 1.54) is 0 Å². The van der Waals surface area contributed by atoms with Crippen LogP contribution in [0.2, 0.25) is 0 Å². The second-order valence-corrected chi connectivity index (χ2v) is 5.20. The van der Waals surface area contributed by atoms with Crippen LogP contribution in [-0.4, -0.2) is 54.7 Å². The molecule has 1 saturated heterocycles. The molecule has 1 fully saturated rings. The summed E-state index contributed by atoms with van der Waals surface area (Å²) >= 11 is 5.71. The van der Waals surface area contributed by atoms with Crippen LogP contribution < -0.4 is 0 Å². The van der Waals surface area contributed by atoms with Crippen molar-refractivity contribution in [3.63, 3.8) is 0 Å². The molecule has 1 atom stereocenters. The molecular formula is C11H20ClNO3. The zero-order valence-electron chi connectivity index (χ0n) is 10.2. The van der Waals surface area contributed by atoms with E-state index in [0.29, 0.717) is 25.6 Å². The Bertz CT molecular complexity index is 240. The fourth-order valence-electron chi connectivity index (χ4n) is 1.41. The van der Waals surface area contributed by atoms with E-state index in [0.717, 1.165) is 0 Å². The molecule has 94 valence electrons. The maximum Gasteiger partial charge on any atom is 0.248 e. The molecule has 1 unspecified atom stereocenters. The monoisotopic (exact) mass is 249 g/mol. The number of carbonyl (C=O) groups is 1. The van der Waals surface area contributed by atoms with Gasteiger partial charge < -0.3 is 14.4 Å². The maximum absolute atomic E-state index is 11.8. The molecule has 0 aromatic carbocycles. The Kier molecular flexibility index (Phi) is 5.02. The summed E-state index contributed by atoms with van der Waals surface area (Å²) in [5.41, 5.74) is -0.284. The molecule has 0 aromatic rings. The van der Waals surface area contributed by atoms with Gasteiger partial charge in [0.25, 0.3) is 0 Å². The number of rotatable bonds is 3. The first-order valence-electron chi connectivity index (χ1n) is 5.51. The Morgan fingerprint density at radius 2 is 2.25 bits per heavy atom. The van der Waals surface area contributed by atoms with Crippen LogP contribution in [0.1, 0.15) is 20.8 Å². The Hall–Kier alpha value is -0.320. The highest BCUT2D eigenvalue weighted by Gasteiger charge is 2.24. The van der Waals surface area contributed by atoms with Gasteiger partial charge in [0.1, 0.15) is 6.61 Å². The summed E-state index contributed by atoms with van der Waals surface area (Å²) in [5.74, 6) is 0.428. The third kappa shape index (κ3) is 4.68. The number of amides is 1. The SMILES string of the molecule is CC(C)(C)OCC(=O)N1CCOC(CCl)C1. The van der Waals surface area contributed by atoms with Crippen LogP contribution >= 0.6 is 11.6 Å². The second kappa shape index (κ2) is 5.84. The highest BCUT2D eigenvalue weighted by atomic mass is 35.5. The van der Waals surface area contributed by atoms with E-state index in [4.69, 9.17) is 21.1 Å². The molecule has 1 aliphatic rings. The summed E-state index contributed by atoms with van der Waals surface area (Å²) < 4.78 is 10.8. The average Bonchev–Trinajstić information content (AvgIpc) is 2.25. The summed E-state index contributed by atoms with van der Waals surface area (Å²) in [5, 5.41) is 0. The first-order valence-corrected chi connectivity index (χ1v) is 6.05. The van der Waals surface area contributed by atoms with Crippen LogP contribution in [0.4, 0.5) is 0 Å². The van der Waals surface area contributed by atoms with Crippen molar-refractivity contribution >= 4 is 17.5 Å². The van der Waals surface area contributed by atoms with Crippen molar-refractivity contribution in [1.82, 2.24) is 4.90 Å². The van der Waals surface area contributed by atoms with Crippen molar-refractivity contribution in [1.29, 1.82) is 0 Å². The van der Waals surface area contributed by atoms with Gasteiger partial charge in [0.2, 0.25) is 5.91 Å². The van der Waals surface area contributed by atoms with E-state index in [2.05, 4.69) is 0 Å². The lowest BCUT2D eigenvalue weighted by atomic mass is 10.2. The van der Waals surface area contributed by atoms with Gasteiger partial charge in [-0.1, -0.05) is 0 Å². The van der Waals surface area contributed by atoms with Gasteiger partial charge in [0.15, 0.2) is 0 Å². The largest absolute Gasteiger partial charge is 0.373 e. The van der Waals surface area contributed by atoms with Crippen LogP contribution in [0, 0.1) is 0 Å². The Balaban J connectivity index is 2.36. The molecule has 0 N–H and O–H groups in total. The van der Waals surface area contributed by atoms with E-state index >= 15 is 0 Å². The number of carbonyl (C=O) groups excluding carboxylic acids is 1. The molecule has 0 aliphatic carbocycles. The van der Waals surface area contributed by atoms with Crippen LogP contribution in [-0.2, 0) is 14.3 Å². The predicted molar refractivity (Wildman–Crippen MR) is 62.7 cm³/mol. The molecule has 4 nitrogen and oxygen atoms in total. The van der Waals surface area contributed by atoms with Gasteiger partial charge in [-0.15, -0.1) is 11.6 Å². The molecule has 0 radical (unpaired) electrons. The third-order valence-corrected chi connectivity index (χ3v) is 2.64. The third-order valence-electron chi connectivity index (χ3n) is 2.29. The average molecular weight is 250 g/mol. The van der Waals surface area contributed by atoms with Gasteiger partial charge in [-0.25, -0.2) is 0 Å². The zero-order chi connectivity index (χ0) is 12.2. The molecule has 0 bridgehead atoms. The van der Waals surface area contributed by atoms with Gasteiger partial charge in [0.05, 0.1) is 24.2 Å². The quantitative estimate of drug-likeness (QED) is 0.707. The predicted octanol–water partition coefficient (Wildman–Crippen LogP) is 1.27. The Morgan fingerprint density at radius 1 is 1.56 bits per heavy atom. The normalized spacial score (nSPS) is 22.2. The number of hydrogen-bond donors (Lipinski definition) is 0. The lowest BCUT2D eigenvalue weighted by molar-refractivity contribution is -0.147. The van der Waals surface area contributed by atoms with Crippen molar-refractivity contribution in [3.05, 3.63) is 0 Å². The molecule has 1 amide bonds. The topological polar surface area (TPSA) is 38.8 Å². The number of alkyl halides is 1. The van der Waals surface area contributed by atoms with Gasteiger partial charge in [-0.3, -0.25) is 4.79 Å². The Morgan fingerprint density at radius 3 is 2.81 bits per heavy atom. The standard InChI is InChI=1S/C11H20ClNO3/c1-11(2,3)16-8-10(14)13-4-5-15-9(6-12)7-13/h9H,4-8H2,1-3H3. The first-order chi connectivity index (χ1) is 7.42. The van der Waals surface area contributed by atoms with Crippen molar-refractivity contribution in [2.24, 2.45) is 0 Å². The van der Waals surface area contributed by atoms with E-state index in [1.54, 1.807) is 4.90 Å². The van der Waals surface area contributed by atoms with Gasteiger partial charge >= 0.3 is 0 Å². The number of hydrogen-bond acceptors (Lipinski definition) is 3. The van der Waals surface area contributed by atoms with Crippen molar-refractivity contribution in [3.8, 4) is 0 Å². The molecule has 16 heavy (non-hydrogen) atoms. The van der Waals surface area contributed by atoms with Crippen molar-refractivity contribution in [2.75, 3.05) is 32.2 Å². The minimum absolute atomic E-state index is 0.00772. The molecular weight excluding hydrogens is 230 g/mol. The fourth-order valence-corrected chi connectivity index (χ4v) is 1.60. The summed E-state index contributed by atoms with van der Waals surface area (Å²) in [4.78, 5) is 13.6. The van der Waals surface area contributed by atoms with E-state index < -0.39 is 0 Å². The lowest BCUT2D eigenvalue weighted by Gasteiger charge is -2.32. The molecule has 1 aliphatic heterocycles. The lowest BCUT2D eigenvalue weighted by Crippen LogP contribution is -2.48. The second-order valence-electron chi connectivity index (χ2n) is 4.89. The highest BCUT2D eigenvalue weighted by Crippen LogP contribution is 2.10. The number of morpholine rings is 1. The minimum atomic E-state index is -0.284. The molecule has 1 rings (SSSR count). The smallest absolute Gasteiger partial charge is 0.248 e. The van der Waals surface area contributed by atoms with Crippen molar-refractivity contribution in [2.45, 2.75) is 32.5 Å². The van der Waals surface area contributed by atoms with E-state index in [-0.39, 0.29) is 24.2 Å². The number of ether oxygens (including phenoxy) is 2. The van der Waals surface area contributed by atoms with Gasteiger partial charge in [-0.2, -0.15) is 0 Å². The molecule has 0 spiro atoms. The number of nitrogens with zero attached hydrogens (tertiary/aromatic N) is 1. The van der Waals surface area contributed by atoms with Crippen LogP contribution in [0.3, 0.4) is 0 Å². The van der Waals surface area contributed by atoms with Crippen LogP contribution in [0.15, 0.2) is 0 Å². The van der Waals surface area contributed by atoms with Crippen LogP contribution in [0.5, 0.6) is 0 Å². The molecule has 5 heteroatoms. The zero-order valence-corrected chi connectivity index (χ0v) is 10.9. The fraction of sp³-hybridized carbons (Fsp3) is 0.909. The van der Waals surface area contributed by atoms with E-state index in [1.807, 2.05) is 20.8 Å². The van der Waals surface area contributed by atoms with Gasteiger partial charge in [0, 0.05) is 13.1 Å². The minimum Gasteiger partial charge on any atom is -0.373 e. The first kappa shape index (κ1) is 13.7. The Labute approximate surface area is 102 Å². The van der Waals surface area contributed by atoms with Crippen LogP contribution in [0.25, 0.3) is 0 Å². The molecule has 0 aromatic heterocycles. The summed E-state index contributed by atoms with van der Waals surface area (Å²) in [6.45, 7) is 7.66.